The van der Waals surface area contributed by atoms with Crippen LogP contribution in [0.4, 0.5) is 9.18 Å². The van der Waals surface area contributed by atoms with E-state index >= 15 is 0 Å². The first-order chi connectivity index (χ1) is 16.8. The van der Waals surface area contributed by atoms with Gasteiger partial charge in [-0.2, -0.15) is 0 Å². The van der Waals surface area contributed by atoms with Crippen LogP contribution in [-0.4, -0.2) is 73.4 Å². The molecular weight excluding hydrogens is 451 g/mol. The molecular formula is C27H37FN2O5. The van der Waals surface area contributed by atoms with Gasteiger partial charge < -0.3 is 24.0 Å². The molecule has 2 saturated heterocycles. The van der Waals surface area contributed by atoms with E-state index in [-0.39, 0.29) is 23.2 Å². The molecule has 7 nitrogen and oxygen atoms in total. The number of ether oxygens (including phenoxy) is 3. The van der Waals surface area contributed by atoms with Crippen LogP contribution in [0, 0.1) is 17.2 Å². The maximum absolute atomic E-state index is 14.5. The van der Waals surface area contributed by atoms with Gasteiger partial charge in [-0.25, -0.2) is 9.18 Å². The van der Waals surface area contributed by atoms with E-state index in [0.29, 0.717) is 50.0 Å². The largest absolute Gasteiger partial charge is 0.493 e. The van der Waals surface area contributed by atoms with Crippen LogP contribution in [0.15, 0.2) is 18.2 Å². The zero-order valence-corrected chi connectivity index (χ0v) is 20.7. The van der Waals surface area contributed by atoms with Crippen molar-refractivity contribution in [1.29, 1.82) is 0 Å². The highest BCUT2D eigenvalue weighted by Crippen LogP contribution is 2.54. The molecule has 4 aliphatic rings. The summed E-state index contributed by atoms with van der Waals surface area (Å²) in [6.07, 6.45) is 8.44. The summed E-state index contributed by atoms with van der Waals surface area (Å²) < 4.78 is 31.2. The SMILES string of the molecule is CC1(OC(=O)N2CCC3(CC2)CC(CCCOc2ccc(C(=O)N4CCOCC4)c(F)c2)C3)CC1. The van der Waals surface area contributed by atoms with E-state index < -0.39 is 5.82 Å². The zero-order valence-electron chi connectivity index (χ0n) is 20.7. The Labute approximate surface area is 206 Å². The maximum atomic E-state index is 14.5. The average molecular weight is 489 g/mol. The molecule has 0 atom stereocenters. The molecule has 0 unspecified atom stereocenters. The van der Waals surface area contributed by atoms with Crippen molar-refractivity contribution in [3.63, 3.8) is 0 Å². The summed E-state index contributed by atoms with van der Waals surface area (Å²) in [5.74, 6) is 0.329. The zero-order chi connectivity index (χ0) is 24.5. The van der Waals surface area contributed by atoms with Gasteiger partial charge in [0.1, 0.15) is 17.2 Å². The maximum Gasteiger partial charge on any atom is 0.410 e. The number of amides is 2. The lowest BCUT2D eigenvalue weighted by Crippen LogP contribution is -2.49. The number of nitrogens with zero attached hydrogens (tertiary/aromatic N) is 2. The molecule has 1 spiro atoms. The fourth-order valence-corrected chi connectivity index (χ4v) is 5.75. The van der Waals surface area contributed by atoms with E-state index in [9.17, 15) is 14.0 Å². The molecule has 35 heavy (non-hydrogen) atoms. The minimum atomic E-state index is -0.540. The summed E-state index contributed by atoms with van der Waals surface area (Å²) in [6, 6.07) is 4.51. The van der Waals surface area contributed by atoms with Gasteiger partial charge in [-0.1, -0.05) is 0 Å². The first-order valence-corrected chi connectivity index (χ1v) is 13.1. The van der Waals surface area contributed by atoms with Crippen molar-refractivity contribution in [2.45, 2.75) is 63.9 Å². The molecule has 2 aliphatic heterocycles. The Bertz CT molecular complexity index is 927. The number of rotatable bonds is 7. The normalized spacial score (nSPS) is 23.0. The number of halogens is 1. The average Bonchev–Trinajstić information content (AvgIpc) is 3.57. The summed E-state index contributed by atoms with van der Waals surface area (Å²) in [6.45, 7) is 6.12. The van der Waals surface area contributed by atoms with E-state index in [0.717, 1.165) is 51.6 Å². The second-order valence-electron chi connectivity index (χ2n) is 11.1. The molecule has 2 amide bonds. The number of benzene rings is 1. The van der Waals surface area contributed by atoms with Crippen LogP contribution in [0.5, 0.6) is 5.75 Å². The first kappa shape index (κ1) is 24.3. The predicted molar refractivity (Wildman–Crippen MR) is 128 cm³/mol. The number of carbonyl (C=O) groups excluding carboxylic acids is 2. The molecule has 1 aromatic carbocycles. The molecule has 5 rings (SSSR count). The smallest absolute Gasteiger partial charge is 0.410 e. The first-order valence-electron chi connectivity index (χ1n) is 13.1. The van der Waals surface area contributed by atoms with E-state index in [1.165, 1.54) is 25.0 Å². The topological polar surface area (TPSA) is 68.3 Å². The van der Waals surface area contributed by atoms with Crippen LogP contribution in [0.2, 0.25) is 0 Å². The van der Waals surface area contributed by atoms with Gasteiger partial charge in [-0.15, -0.1) is 0 Å². The van der Waals surface area contributed by atoms with Crippen molar-refractivity contribution >= 4 is 12.0 Å². The van der Waals surface area contributed by atoms with Crippen molar-refractivity contribution in [2.24, 2.45) is 11.3 Å². The Morgan fingerprint density at radius 1 is 1.06 bits per heavy atom. The highest BCUT2D eigenvalue weighted by Gasteiger charge is 2.47. The number of hydrogen-bond donors (Lipinski definition) is 0. The second-order valence-corrected chi connectivity index (χ2v) is 11.1. The fourth-order valence-electron chi connectivity index (χ4n) is 5.75. The van der Waals surface area contributed by atoms with Gasteiger partial charge >= 0.3 is 6.09 Å². The van der Waals surface area contributed by atoms with Crippen molar-refractivity contribution < 1.29 is 28.2 Å². The monoisotopic (exact) mass is 488 g/mol. The third-order valence-corrected chi connectivity index (χ3v) is 8.31. The lowest BCUT2D eigenvalue weighted by molar-refractivity contribution is -0.0231. The molecule has 2 heterocycles. The third-order valence-electron chi connectivity index (χ3n) is 8.31. The Balaban J connectivity index is 0.986. The Hall–Kier alpha value is -2.35. The molecule has 2 aliphatic carbocycles. The number of piperidine rings is 1. The summed E-state index contributed by atoms with van der Waals surface area (Å²) in [5.41, 5.74) is 0.280. The second kappa shape index (κ2) is 9.96. The molecule has 1 aromatic rings. The Kier molecular flexibility index (Phi) is 6.93. The third kappa shape index (κ3) is 5.74. The van der Waals surface area contributed by atoms with Gasteiger partial charge in [0.25, 0.3) is 5.91 Å². The predicted octanol–water partition coefficient (Wildman–Crippen LogP) is 4.64. The highest BCUT2D eigenvalue weighted by molar-refractivity contribution is 5.94. The summed E-state index contributed by atoms with van der Waals surface area (Å²) >= 11 is 0. The van der Waals surface area contributed by atoms with E-state index in [4.69, 9.17) is 14.2 Å². The highest BCUT2D eigenvalue weighted by atomic mass is 19.1. The fraction of sp³-hybridized carbons (Fsp3) is 0.704. The van der Waals surface area contributed by atoms with Gasteiger partial charge in [0.2, 0.25) is 0 Å². The van der Waals surface area contributed by atoms with Gasteiger partial charge in [0.15, 0.2) is 0 Å². The molecule has 8 heteroatoms. The van der Waals surface area contributed by atoms with Crippen molar-refractivity contribution in [3.8, 4) is 5.75 Å². The number of likely N-dealkylation sites (tertiary alicyclic amines) is 1. The van der Waals surface area contributed by atoms with E-state index in [1.807, 2.05) is 11.8 Å². The van der Waals surface area contributed by atoms with Gasteiger partial charge in [-0.3, -0.25) is 4.79 Å². The van der Waals surface area contributed by atoms with Crippen LogP contribution in [-0.2, 0) is 9.47 Å². The number of morpholine rings is 1. The number of carbonyl (C=O) groups is 2. The molecule has 0 bridgehead atoms. The summed E-state index contributed by atoms with van der Waals surface area (Å²) in [7, 11) is 0. The Morgan fingerprint density at radius 2 is 1.77 bits per heavy atom. The van der Waals surface area contributed by atoms with E-state index in [1.54, 1.807) is 11.0 Å². The van der Waals surface area contributed by atoms with E-state index in [2.05, 4.69) is 0 Å². The van der Waals surface area contributed by atoms with Crippen LogP contribution < -0.4 is 4.74 Å². The molecule has 2 saturated carbocycles. The van der Waals surface area contributed by atoms with Crippen molar-refractivity contribution in [3.05, 3.63) is 29.6 Å². The van der Waals surface area contributed by atoms with Gasteiger partial charge in [0.05, 0.1) is 25.4 Å². The lowest BCUT2D eigenvalue weighted by Gasteiger charge is -2.52. The minimum Gasteiger partial charge on any atom is -0.493 e. The molecule has 0 N–H and O–H groups in total. The van der Waals surface area contributed by atoms with Crippen molar-refractivity contribution in [1.82, 2.24) is 9.80 Å². The summed E-state index contributed by atoms with van der Waals surface area (Å²) in [5, 5.41) is 0. The lowest BCUT2D eigenvalue weighted by atomic mass is 9.56. The minimum absolute atomic E-state index is 0.0834. The Morgan fingerprint density at radius 3 is 2.43 bits per heavy atom. The number of hydrogen-bond acceptors (Lipinski definition) is 5. The van der Waals surface area contributed by atoms with Crippen molar-refractivity contribution in [2.75, 3.05) is 46.0 Å². The quantitative estimate of drug-likeness (QED) is 0.523. The molecule has 0 radical (unpaired) electrons. The van der Waals surface area contributed by atoms with Crippen LogP contribution in [0.25, 0.3) is 0 Å². The van der Waals surface area contributed by atoms with Crippen LogP contribution >= 0.6 is 0 Å². The van der Waals surface area contributed by atoms with Crippen LogP contribution in [0.3, 0.4) is 0 Å². The van der Waals surface area contributed by atoms with Gasteiger partial charge in [0, 0.05) is 32.2 Å². The van der Waals surface area contributed by atoms with Crippen LogP contribution in [0.1, 0.15) is 68.6 Å². The molecule has 0 aromatic heterocycles. The van der Waals surface area contributed by atoms with Gasteiger partial charge in [-0.05, 0) is 81.8 Å². The molecule has 4 fully saturated rings. The molecule has 192 valence electrons. The summed E-state index contributed by atoms with van der Waals surface area (Å²) in [4.78, 5) is 28.3. The standard InChI is InChI=1S/C27H37FN2O5/c1-26(6-7-26)35-25(32)30-10-8-27(9-11-30)18-20(19-27)3-2-14-34-21-4-5-22(23(28)17-21)24(31)29-12-15-33-16-13-29/h4-5,17,20H,2-3,6-16,18-19H2,1H3.